The summed E-state index contributed by atoms with van der Waals surface area (Å²) < 4.78 is 0. The first-order chi connectivity index (χ1) is 8.95. The van der Waals surface area contributed by atoms with Crippen molar-refractivity contribution in [2.24, 2.45) is 5.92 Å². The molecule has 1 aromatic rings. The van der Waals surface area contributed by atoms with Crippen molar-refractivity contribution >= 4 is 23.2 Å². The molecule has 0 aromatic heterocycles. The van der Waals surface area contributed by atoms with E-state index in [1.54, 1.807) is 0 Å². The van der Waals surface area contributed by atoms with Crippen LogP contribution in [0.15, 0.2) is 18.2 Å². The molecule has 0 aliphatic carbocycles. The summed E-state index contributed by atoms with van der Waals surface area (Å²) in [7, 11) is 0. The summed E-state index contributed by atoms with van der Waals surface area (Å²) in [6.07, 6.45) is 0.553. The highest BCUT2D eigenvalue weighted by Gasteiger charge is 2.20. The second kappa shape index (κ2) is 7.06. The van der Waals surface area contributed by atoms with Gasteiger partial charge in [0.25, 0.3) is 11.6 Å². The van der Waals surface area contributed by atoms with Crippen molar-refractivity contribution in [2.75, 3.05) is 13.2 Å². The lowest BCUT2D eigenvalue weighted by atomic mass is 10.1. The first-order valence-electron chi connectivity index (χ1n) is 5.78. The first kappa shape index (κ1) is 15.4. The van der Waals surface area contributed by atoms with E-state index in [1.807, 2.05) is 6.92 Å². The van der Waals surface area contributed by atoms with Crippen molar-refractivity contribution < 1.29 is 14.8 Å². The summed E-state index contributed by atoms with van der Waals surface area (Å²) in [5.41, 5.74) is -0.342. The van der Waals surface area contributed by atoms with E-state index in [0.29, 0.717) is 13.0 Å². The van der Waals surface area contributed by atoms with Crippen molar-refractivity contribution in [3.8, 4) is 0 Å². The molecule has 1 unspecified atom stereocenters. The normalized spacial score (nSPS) is 11.9. The minimum Gasteiger partial charge on any atom is -0.396 e. The zero-order valence-corrected chi connectivity index (χ0v) is 11.2. The van der Waals surface area contributed by atoms with E-state index >= 15 is 0 Å². The number of carbonyl (C=O) groups excluding carboxylic acids is 1. The molecular weight excluding hydrogens is 272 g/mol. The number of halogens is 1. The molecule has 7 heteroatoms. The summed E-state index contributed by atoms with van der Waals surface area (Å²) in [4.78, 5) is 22.1. The number of nitro groups is 1. The number of aliphatic hydroxyl groups is 1. The van der Waals surface area contributed by atoms with Gasteiger partial charge < -0.3 is 10.4 Å². The van der Waals surface area contributed by atoms with Crippen LogP contribution in [0.3, 0.4) is 0 Å². The lowest BCUT2D eigenvalue weighted by Gasteiger charge is -2.11. The Morgan fingerprint density at radius 3 is 2.84 bits per heavy atom. The summed E-state index contributed by atoms with van der Waals surface area (Å²) in [6, 6.07) is 3.84. The highest BCUT2D eigenvalue weighted by atomic mass is 35.5. The SMILES string of the molecule is CC(CCO)CNC(=O)c1cc(Cl)ccc1[N+](=O)[O-]. The maximum atomic E-state index is 11.9. The van der Waals surface area contributed by atoms with Crippen molar-refractivity contribution in [3.05, 3.63) is 38.9 Å². The van der Waals surface area contributed by atoms with Crippen LogP contribution < -0.4 is 5.32 Å². The zero-order valence-electron chi connectivity index (χ0n) is 10.4. The largest absolute Gasteiger partial charge is 0.396 e. The quantitative estimate of drug-likeness (QED) is 0.618. The van der Waals surface area contributed by atoms with Crippen molar-refractivity contribution in [1.82, 2.24) is 5.32 Å². The molecule has 6 nitrogen and oxygen atoms in total. The molecule has 0 fully saturated rings. The van der Waals surface area contributed by atoms with E-state index in [-0.39, 0.29) is 28.8 Å². The summed E-state index contributed by atoms with van der Waals surface area (Å²) in [6.45, 7) is 2.24. The zero-order chi connectivity index (χ0) is 14.4. The van der Waals surface area contributed by atoms with Crippen LogP contribution in [0.5, 0.6) is 0 Å². The van der Waals surface area contributed by atoms with E-state index in [0.717, 1.165) is 0 Å². The van der Waals surface area contributed by atoms with Gasteiger partial charge in [-0.1, -0.05) is 18.5 Å². The van der Waals surface area contributed by atoms with Crippen LogP contribution in [0.4, 0.5) is 5.69 Å². The third-order valence-corrected chi connectivity index (χ3v) is 2.87. The van der Waals surface area contributed by atoms with Gasteiger partial charge in [-0.15, -0.1) is 0 Å². The number of hydrogen-bond acceptors (Lipinski definition) is 4. The van der Waals surface area contributed by atoms with E-state index < -0.39 is 10.8 Å². The molecular formula is C12H15ClN2O4. The minimum atomic E-state index is -0.623. The van der Waals surface area contributed by atoms with Crippen LogP contribution in [0, 0.1) is 16.0 Å². The molecule has 0 saturated carbocycles. The Hall–Kier alpha value is -1.66. The Morgan fingerprint density at radius 1 is 1.58 bits per heavy atom. The lowest BCUT2D eigenvalue weighted by Crippen LogP contribution is -2.29. The Bertz CT molecular complexity index is 479. The van der Waals surface area contributed by atoms with Gasteiger partial charge in [-0.05, 0) is 24.5 Å². The van der Waals surface area contributed by atoms with Gasteiger partial charge in [0.1, 0.15) is 5.56 Å². The number of nitrogens with zero attached hydrogens (tertiary/aromatic N) is 1. The van der Waals surface area contributed by atoms with Crippen molar-refractivity contribution in [3.63, 3.8) is 0 Å². The Kier molecular flexibility index (Phi) is 5.72. The molecule has 0 aliphatic heterocycles. The molecule has 1 amide bonds. The van der Waals surface area contributed by atoms with Gasteiger partial charge in [0.05, 0.1) is 4.92 Å². The number of rotatable bonds is 6. The topological polar surface area (TPSA) is 92.5 Å². The third kappa shape index (κ3) is 4.50. The van der Waals surface area contributed by atoms with Gasteiger partial charge in [-0.25, -0.2) is 0 Å². The van der Waals surface area contributed by atoms with Crippen molar-refractivity contribution in [2.45, 2.75) is 13.3 Å². The fourth-order valence-corrected chi connectivity index (χ4v) is 1.71. The number of amides is 1. The predicted molar refractivity (Wildman–Crippen MR) is 71.3 cm³/mol. The second-order valence-corrected chi connectivity index (χ2v) is 4.68. The van der Waals surface area contributed by atoms with E-state index in [9.17, 15) is 14.9 Å². The van der Waals surface area contributed by atoms with Crippen LogP contribution in [0.2, 0.25) is 5.02 Å². The average Bonchev–Trinajstić information content (AvgIpc) is 2.35. The third-order valence-electron chi connectivity index (χ3n) is 2.63. The number of hydrogen-bond donors (Lipinski definition) is 2. The Morgan fingerprint density at radius 2 is 2.26 bits per heavy atom. The maximum absolute atomic E-state index is 11.9. The molecule has 19 heavy (non-hydrogen) atoms. The molecule has 0 saturated heterocycles. The maximum Gasteiger partial charge on any atom is 0.282 e. The van der Waals surface area contributed by atoms with E-state index in [2.05, 4.69) is 5.32 Å². The molecule has 2 N–H and O–H groups in total. The molecule has 0 heterocycles. The average molecular weight is 287 g/mol. The number of benzene rings is 1. The van der Waals surface area contributed by atoms with Gasteiger partial charge >= 0.3 is 0 Å². The minimum absolute atomic E-state index is 0.0361. The molecule has 1 rings (SSSR count). The number of aliphatic hydroxyl groups excluding tert-OH is 1. The van der Waals surface area contributed by atoms with Gasteiger partial charge in [0, 0.05) is 24.2 Å². The molecule has 0 radical (unpaired) electrons. The fourth-order valence-electron chi connectivity index (χ4n) is 1.53. The van der Waals surface area contributed by atoms with Crippen LogP contribution in [-0.4, -0.2) is 29.1 Å². The Labute approximate surface area is 115 Å². The van der Waals surface area contributed by atoms with Gasteiger partial charge in [0.2, 0.25) is 0 Å². The highest BCUT2D eigenvalue weighted by molar-refractivity contribution is 6.31. The molecule has 0 aliphatic rings. The van der Waals surface area contributed by atoms with Crippen LogP contribution in [0.1, 0.15) is 23.7 Å². The summed E-state index contributed by atoms with van der Waals surface area (Å²) in [5.74, 6) is -0.453. The number of nitrogens with one attached hydrogen (secondary N) is 1. The molecule has 1 atom stereocenters. The molecule has 104 valence electrons. The Balaban J connectivity index is 2.81. The van der Waals surface area contributed by atoms with Crippen molar-refractivity contribution in [1.29, 1.82) is 0 Å². The van der Waals surface area contributed by atoms with Gasteiger partial charge in [-0.2, -0.15) is 0 Å². The number of nitro benzene ring substituents is 1. The van der Waals surface area contributed by atoms with Gasteiger partial charge in [0.15, 0.2) is 0 Å². The number of carbonyl (C=O) groups is 1. The highest BCUT2D eigenvalue weighted by Crippen LogP contribution is 2.22. The smallest absolute Gasteiger partial charge is 0.282 e. The second-order valence-electron chi connectivity index (χ2n) is 4.25. The van der Waals surface area contributed by atoms with Crippen LogP contribution in [0.25, 0.3) is 0 Å². The lowest BCUT2D eigenvalue weighted by molar-refractivity contribution is -0.385. The molecule has 1 aromatic carbocycles. The molecule has 0 bridgehead atoms. The first-order valence-corrected chi connectivity index (χ1v) is 6.16. The monoisotopic (exact) mass is 286 g/mol. The fraction of sp³-hybridized carbons (Fsp3) is 0.417. The van der Waals surface area contributed by atoms with Crippen LogP contribution in [-0.2, 0) is 0 Å². The molecule has 0 spiro atoms. The van der Waals surface area contributed by atoms with Crippen LogP contribution >= 0.6 is 11.6 Å². The summed E-state index contributed by atoms with van der Waals surface area (Å²) >= 11 is 5.74. The summed E-state index contributed by atoms with van der Waals surface area (Å²) in [5, 5.41) is 22.4. The van der Waals surface area contributed by atoms with E-state index in [4.69, 9.17) is 16.7 Å². The standard InChI is InChI=1S/C12H15ClN2O4/c1-8(4-5-16)7-14-12(17)10-6-9(13)2-3-11(10)15(18)19/h2-3,6,8,16H,4-5,7H2,1H3,(H,14,17). The van der Waals surface area contributed by atoms with E-state index in [1.165, 1.54) is 18.2 Å². The van der Waals surface area contributed by atoms with Gasteiger partial charge in [-0.3, -0.25) is 14.9 Å². The predicted octanol–water partition coefficient (Wildman–Crippen LogP) is 2.00.